The van der Waals surface area contributed by atoms with Crippen LogP contribution in [0.15, 0.2) is 16.6 Å². The monoisotopic (exact) mass is 408 g/mol. The van der Waals surface area contributed by atoms with E-state index >= 15 is 0 Å². The minimum absolute atomic E-state index is 0.299. The number of anilines is 2. The first kappa shape index (κ1) is 16.5. The Morgan fingerprint density at radius 2 is 2.05 bits per heavy atom. The minimum Gasteiger partial charge on any atom is -0.462 e. The van der Waals surface area contributed by atoms with Gasteiger partial charge < -0.3 is 10.1 Å². The fourth-order valence-electron chi connectivity index (χ4n) is 1.67. The molecule has 4 nitrogen and oxygen atoms in total. The van der Waals surface area contributed by atoms with Crippen LogP contribution in [0, 0.1) is 6.92 Å². The molecule has 0 bridgehead atoms. The summed E-state index contributed by atoms with van der Waals surface area (Å²) in [5, 5.41) is 4.50. The lowest BCUT2D eigenvalue weighted by Gasteiger charge is -2.11. The van der Waals surface area contributed by atoms with Crippen molar-refractivity contribution in [3.05, 3.63) is 37.9 Å². The van der Waals surface area contributed by atoms with Crippen LogP contribution in [0.1, 0.15) is 23.0 Å². The Morgan fingerprint density at radius 3 is 2.62 bits per heavy atom. The van der Waals surface area contributed by atoms with Gasteiger partial charge in [-0.15, -0.1) is 0 Å². The van der Waals surface area contributed by atoms with E-state index in [1.807, 2.05) is 0 Å². The van der Waals surface area contributed by atoms with Crippen molar-refractivity contribution in [3.63, 3.8) is 0 Å². The van der Waals surface area contributed by atoms with E-state index in [2.05, 4.69) is 25.6 Å². The highest BCUT2D eigenvalue weighted by Gasteiger charge is 2.21. The number of hydrogen-bond donors (Lipinski definition) is 1. The number of ether oxygens (including phenoxy) is 1. The van der Waals surface area contributed by atoms with Crippen LogP contribution in [0.25, 0.3) is 0 Å². The highest BCUT2D eigenvalue weighted by molar-refractivity contribution is 9.10. The molecule has 8 heteroatoms. The molecule has 1 aromatic heterocycles. The molecule has 0 aliphatic rings. The summed E-state index contributed by atoms with van der Waals surface area (Å²) in [5.74, 6) is -0.421. The smallest absolute Gasteiger partial charge is 0.343 e. The van der Waals surface area contributed by atoms with E-state index in [0.29, 0.717) is 38.6 Å². The fourth-order valence-corrected chi connectivity index (χ4v) is 3.77. The van der Waals surface area contributed by atoms with Gasteiger partial charge in [0.05, 0.1) is 28.0 Å². The van der Waals surface area contributed by atoms with Crippen LogP contribution in [0.2, 0.25) is 10.0 Å². The van der Waals surface area contributed by atoms with E-state index < -0.39 is 5.97 Å². The van der Waals surface area contributed by atoms with Gasteiger partial charge in [-0.05, 0) is 37.5 Å². The van der Waals surface area contributed by atoms with Gasteiger partial charge in [0.1, 0.15) is 10.6 Å². The van der Waals surface area contributed by atoms with Crippen molar-refractivity contribution in [2.45, 2.75) is 13.8 Å². The summed E-state index contributed by atoms with van der Waals surface area (Å²) in [4.78, 5) is 12.0. The second kappa shape index (κ2) is 6.96. The van der Waals surface area contributed by atoms with Crippen LogP contribution in [-0.4, -0.2) is 16.9 Å². The van der Waals surface area contributed by atoms with Crippen molar-refractivity contribution in [1.82, 2.24) is 4.37 Å². The molecule has 112 valence electrons. The van der Waals surface area contributed by atoms with Gasteiger partial charge in [-0.25, -0.2) is 4.79 Å². The third kappa shape index (κ3) is 3.69. The number of halogens is 3. The number of carbonyl (C=O) groups excluding carboxylic acids is 1. The van der Waals surface area contributed by atoms with Gasteiger partial charge >= 0.3 is 5.97 Å². The van der Waals surface area contributed by atoms with Crippen LogP contribution >= 0.6 is 50.7 Å². The Balaban J connectivity index is 2.39. The Morgan fingerprint density at radius 1 is 1.43 bits per heavy atom. The molecule has 1 aromatic carbocycles. The maximum atomic E-state index is 12.0. The molecule has 0 saturated heterocycles. The molecule has 2 rings (SSSR count). The van der Waals surface area contributed by atoms with Crippen LogP contribution in [0.4, 0.5) is 10.7 Å². The molecule has 0 unspecified atom stereocenters. The average molecular weight is 410 g/mol. The Bertz CT molecular complexity index is 668. The van der Waals surface area contributed by atoms with Gasteiger partial charge in [0, 0.05) is 4.47 Å². The Labute approximate surface area is 144 Å². The number of aryl methyl sites for hydroxylation is 1. The summed E-state index contributed by atoms with van der Waals surface area (Å²) >= 11 is 16.8. The molecule has 0 atom stereocenters. The van der Waals surface area contributed by atoms with Gasteiger partial charge in [0.2, 0.25) is 0 Å². The summed E-state index contributed by atoms with van der Waals surface area (Å²) in [7, 11) is 0. The van der Waals surface area contributed by atoms with Crippen LogP contribution in [0.3, 0.4) is 0 Å². The zero-order valence-electron chi connectivity index (χ0n) is 11.2. The maximum Gasteiger partial charge on any atom is 0.343 e. The highest BCUT2D eigenvalue weighted by Crippen LogP contribution is 2.38. The van der Waals surface area contributed by atoms with Crippen molar-refractivity contribution >= 4 is 67.3 Å². The molecule has 0 amide bonds. The lowest BCUT2D eigenvalue weighted by Crippen LogP contribution is -2.07. The Hall–Kier alpha value is -0.820. The average Bonchev–Trinajstić information content (AvgIpc) is 2.75. The molecule has 0 aliphatic heterocycles. The predicted molar refractivity (Wildman–Crippen MR) is 90.3 cm³/mol. The van der Waals surface area contributed by atoms with Crippen LogP contribution in [-0.2, 0) is 4.74 Å². The second-order valence-corrected chi connectivity index (χ2v) is 6.57. The molecule has 0 spiro atoms. The minimum atomic E-state index is -0.421. The quantitative estimate of drug-likeness (QED) is 0.683. The Kier molecular flexibility index (Phi) is 5.48. The number of aromatic nitrogens is 1. The SMILES string of the molecule is CCOC(=O)c1c(C)nsc1Nc1c(Cl)cc(Br)cc1Cl. The first-order valence-corrected chi connectivity index (χ1v) is 8.31. The lowest BCUT2D eigenvalue weighted by atomic mass is 10.2. The van der Waals surface area contributed by atoms with Crippen LogP contribution < -0.4 is 5.32 Å². The van der Waals surface area contributed by atoms with Crippen molar-refractivity contribution in [3.8, 4) is 0 Å². The molecule has 0 fully saturated rings. The van der Waals surface area contributed by atoms with Gasteiger partial charge in [0.25, 0.3) is 0 Å². The summed E-state index contributed by atoms with van der Waals surface area (Å²) in [6.07, 6.45) is 0. The fraction of sp³-hybridized carbons (Fsp3) is 0.231. The number of rotatable bonds is 4. The number of nitrogens with zero attached hydrogens (tertiary/aromatic N) is 1. The first-order chi connectivity index (χ1) is 9.93. The summed E-state index contributed by atoms with van der Waals surface area (Å²) in [6, 6.07) is 3.43. The number of hydrogen-bond acceptors (Lipinski definition) is 5. The van der Waals surface area contributed by atoms with Crippen molar-refractivity contribution < 1.29 is 9.53 Å². The largest absolute Gasteiger partial charge is 0.462 e. The van der Waals surface area contributed by atoms with E-state index in [0.717, 1.165) is 16.0 Å². The number of nitrogens with one attached hydrogen (secondary N) is 1. The summed E-state index contributed by atoms with van der Waals surface area (Å²) in [5.41, 5.74) is 1.53. The van der Waals surface area contributed by atoms with E-state index in [4.69, 9.17) is 27.9 Å². The van der Waals surface area contributed by atoms with E-state index in [9.17, 15) is 4.79 Å². The van der Waals surface area contributed by atoms with Gasteiger partial charge in [-0.3, -0.25) is 0 Å². The molecule has 0 aliphatic carbocycles. The molecule has 21 heavy (non-hydrogen) atoms. The van der Waals surface area contributed by atoms with E-state index in [-0.39, 0.29) is 0 Å². The molecule has 2 aromatic rings. The third-order valence-corrected chi connectivity index (χ3v) is 4.50. The molecule has 1 N–H and O–H groups in total. The second-order valence-electron chi connectivity index (χ2n) is 4.06. The maximum absolute atomic E-state index is 12.0. The number of esters is 1. The first-order valence-electron chi connectivity index (χ1n) is 5.99. The zero-order valence-corrected chi connectivity index (χ0v) is 15.1. The van der Waals surface area contributed by atoms with E-state index in [1.165, 1.54) is 0 Å². The standard InChI is InChI=1S/C13H11BrCl2N2O2S/c1-3-20-13(19)10-6(2)18-21-12(10)17-11-8(15)4-7(14)5-9(11)16/h4-5,17H,3H2,1-2H3. The predicted octanol–water partition coefficient (Wildman–Crippen LogP) is 5.44. The zero-order chi connectivity index (χ0) is 15.6. The molecule has 0 saturated carbocycles. The summed E-state index contributed by atoms with van der Waals surface area (Å²) < 4.78 is 9.99. The highest BCUT2D eigenvalue weighted by atomic mass is 79.9. The van der Waals surface area contributed by atoms with Crippen molar-refractivity contribution in [2.24, 2.45) is 0 Å². The van der Waals surface area contributed by atoms with Gasteiger partial charge in [-0.1, -0.05) is 39.1 Å². The third-order valence-electron chi connectivity index (χ3n) is 2.59. The van der Waals surface area contributed by atoms with Gasteiger partial charge in [0.15, 0.2) is 0 Å². The van der Waals surface area contributed by atoms with E-state index in [1.54, 1.807) is 26.0 Å². The van der Waals surface area contributed by atoms with Gasteiger partial charge in [-0.2, -0.15) is 4.37 Å². The molecular formula is C13H11BrCl2N2O2S. The van der Waals surface area contributed by atoms with Crippen LogP contribution in [0.5, 0.6) is 0 Å². The molecule has 1 heterocycles. The molecule has 0 radical (unpaired) electrons. The topological polar surface area (TPSA) is 51.2 Å². The lowest BCUT2D eigenvalue weighted by molar-refractivity contribution is 0.0527. The number of carbonyl (C=O) groups is 1. The summed E-state index contributed by atoms with van der Waals surface area (Å²) in [6.45, 7) is 3.80. The number of benzene rings is 1. The van der Waals surface area contributed by atoms with Crippen molar-refractivity contribution in [1.29, 1.82) is 0 Å². The molecular weight excluding hydrogens is 399 g/mol. The normalized spacial score (nSPS) is 10.5. The van der Waals surface area contributed by atoms with Crippen molar-refractivity contribution in [2.75, 3.05) is 11.9 Å².